The highest BCUT2D eigenvalue weighted by Crippen LogP contribution is 2.17. The molecule has 1 aromatic heterocycles. The van der Waals surface area contributed by atoms with Gasteiger partial charge in [0.1, 0.15) is 0 Å². The van der Waals surface area contributed by atoms with E-state index in [2.05, 4.69) is 10.4 Å². The standard InChI is InChI=1S/C13H15ClN4O/c1-9-10(14)8-18(17-9)7-6-13(19)16-12-5-3-2-4-11(12)15/h2-5,8H,6-7,15H2,1H3,(H,16,19). The lowest BCUT2D eigenvalue weighted by atomic mass is 10.2. The summed E-state index contributed by atoms with van der Waals surface area (Å²) in [5.74, 6) is -0.109. The molecular weight excluding hydrogens is 264 g/mol. The maximum atomic E-state index is 11.8. The van der Waals surface area contributed by atoms with E-state index in [1.807, 2.05) is 19.1 Å². The lowest BCUT2D eigenvalue weighted by Crippen LogP contribution is -2.15. The first-order valence-corrected chi connectivity index (χ1v) is 6.28. The summed E-state index contributed by atoms with van der Waals surface area (Å²) in [4.78, 5) is 11.8. The number of benzene rings is 1. The molecule has 0 atom stereocenters. The highest BCUT2D eigenvalue weighted by molar-refractivity contribution is 6.31. The third-order valence-corrected chi connectivity index (χ3v) is 3.06. The molecule has 0 aliphatic carbocycles. The largest absolute Gasteiger partial charge is 0.397 e. The van der Waals surface area contributed by atoms with Gasteiger partial charge >= 0.3 is 0 Å². The smallest absolute Gasteiger partial charge is 0.226 e. The van der Waals surface area contributed by atoms with Gasteiger partial charge in [-0.05, 0) is 19.1 Å². The van der Waals surface area contributed by atoms with E-state index in [4.69, 9.17) is 17.3 Å². The van der Waals surface area contributed by atoms with E-state index in [0.29, 0.717) is 29.4 Å². The van der Waals surface area contributed by atoms with Crippen molar-refractivity contribution in [2.45, 2.75) is 19.9 Å². The van der Waals surface area contributed by atoms with E-state index in [0.717, 1.165) is 5.69 Å². The topological polar surface area (TPSA) is 72.9 Å². The number of rotatable bonds is 4. The molecule has 19 heavy (non-hydrogen) atoms. The number of aromatic nitrogens is 2. The number of nitrogens with zero attached hydrogens (tertiary/aromatic N) is 2. The number of nitrogens with one attached hydrogen (secondary N) is 1. The molecule has 2 aromatic rings. The van der Waals surface area contributed by atoms with Crippen molar-refractivity contribution in [1.82, 2.24) is 9.78 Å². The number of halogens is 1. The molecule has 0 fully saturated rings. The summed E-state index contributed by atoms with van der Waals surface area (Å²) in [6, 6.07) is 7.15. The number of hydrogen-bond acceptors (Lipinski definition) is 3. The first-order valence-electron chi connectivity index (χ1n) is 5.90. The highest BCUT2D eigenvalue weighted by Gasteiger charge is 2.07. The summed E-state index contributed by atoms with van der Waals surface area (Å²) in [5.41, 5.74) is 7.69. The molecule has 0 saturated heterocycles. The molecule has 1 amide bonds. The molecule has 3 N–H and O–H groups in total. The van der Waals surface area contributed by atoms with Gasteiger partial charge in [-0.3, -0.25) is 9.48 Å². The summed E-state index contributed by atoms with van der Waals surface area (Å²) >= 11 is 5.89. The quantitative estimate of drug-likeness (QED) is 0.844. The third-order valence-electron chi connectivity index (χ3n) is 2.69. The summed E-state index contributed by atoms with van der Waals surface area (Å²) in [6.45, 7) is 2.30. The monoisotopic (exact) mass is 278 g/mol. The molecule has 0 bridgehead atoms. The summed E-state index contributed by atoms with van der Waals surface area (Å²) in [7, 11) is 0. The molecule has 0 aliphatic heterocycles. The number of anilines is 2. The van der Waals surface area contributed by atoms with Crippen LogP contribution in [0.1, 0.15) is 12.1 Å². The zero-order valence-corrected chi connectivity index (χ0v) is 11.3. The maximum absolute atomic E-state index is 11.8. The Morgan fingerprint density at radius 2 is 2.21 bits per heavy atom. The molecule has 0 saturated carbocycles. The maximum Gasteiger partial charge on any atom is 0.226 e. The number of amides is 1. The van der Waals surface area contributed by atoms with Crippen molar-refractivity contribution in [2.24, 2.45) is 0 Å². The van der Waals surface area contributed by atoms with Crippen LogP contribution in [0.2, 0.25) is 5.02 Å². The van der Waals surface area contributed by atoms with Crippen molar-refractivity contribution >= 4 is 28.9 Å². The summed E-state index contributed by atoms with van der Waals surface area (Å²) in [6.07, 6.45) is 2.02. The van der Waals surface area contributed by atoms with Crippen LogP contribution in [0.4, 0.5) is 11.4 Å². The molecule has 5 nitrogen and oxygen atoms in total. The van der Waals surface area contributed by atoms with Crippen LogP contribution in [0.3, 0.4) is 0 Å². The fraction of sp³-hybridized carbons (Fsp3) is 0.231. The number of hydrogen-bond donors (Lipinski definition) is 2. The van der Waals surface area contributed by atoms with E-state index >= 15 is 0 Å². The van der Waals surface area contributed by atoms with E-state index in [-0.39, 0.29) is 5.91 Å². The van der Waals surface area contributed by atoms with Gasteiger partial charge in [0.25, 0.3) is 0 Å². The van der Waals surface area contributed by atoms with Crippen LogP contribution in [0.5, 0.6) is 0 Å². The van der Waals surface area contributed by atoms with Gasteiger partial charge < -0.3 is 11.1 Å². The van der Waals surface area contributed by atoms with Gasteiger partial charge in [0.15, 0.2) is 0 Å². The Labute approximate surface area is 116 Å². The first-order chi connectivity index (χ1) is 9.06. The Bertz CT molecular complexity index is 575. The molecule has 2 rings (SSSR count). The zero-order valence-electron chi connectivity index (χ0n) is 10.6. The molecule has 0 spiro atoms. The van der Waals surface area contributed by atoms with Gasteiger partial charge in [0.2, 0.25) is 5.91 Å². The van der Waals surface area contributed by atoms with Gasteiger partial charge in [-0.15, -0.1) is 0 Å². The van der Waals surface area contributed by atoms with Crippen molar-refractivity contribution in [3.63, 3.8) is 0 Å². The normalized spacial score (nSPS) is 10.4. The summed E-state index contributed by atoms with van der Waals surface area (Å²) < 4.78 is 1.66. The molecule has 0 aliphatic rings. The van der Waals surface area contributed by atoms with Crippen LogP contribution in [0.15, 0.2) is 30.5 Å². The van der Waals surface area contributed by atoms with Crippen molar-refractivity contribution in [3.8, 4) is 0 Å². The predicted molar refractivity (Wildman–Crippen MR) is 76.1 cm³/mol. The number of nitrogens with two attached hydrogens (primary N) is 1. The van der Waals surface area contributed by atoms with E-state index in [1.54, 1.807) is 23.0 Å². The van der Waals surface area contributed by atoms with Crippen molar-refractivity contribution in [3.05, 3.63) is 41.2 Å². The van der Waals surface area contributed by atoms with Crippen LogP contribution in [-0.2, 0) is 11.3 Å². The van der Waals surface area contributed by atoms with E-state index < -0.39 is 0 Å². The first kappa shape index (κ1) is 13.4. The minimum absolute atomic E-state index is 0.109. The molecule has 6 heteroatoms. The predicted octanol–water partition coefficient (Wildman–Crippen LogP) is 2.46. The van der Waals surface area contributed by atoms with Gasteiger partial charge in [-0.25, -0.2) is 0 Å². The number of aryl methyl sites for hydroxylation is 2. The molecule has 1 aromatic carbocycles. The average molecular weight is 279 g/mol. The van der Waals surface area contributed by atoms with Crippen LogP contribution in [-0.4, -0.2) is 15.7 Å². The van der Waals surface area contributed by atoms with Crippen LogP contribution in [0.25, 0.3) is 0 Å². The SMILES string of the molecule is Cc1nn(CCC(=O)Nc2ccccc2N)cc1Cl. The van der Waals surface area contributed by atoms with Gasteiger partial charge in [-0.1, -0.05) is 23.7 Å². The van der Waals surface area contributed by atoms with Crippen molar-refractivity contribution in [1.29, 1.82) is 0 Å². The lowest BCUT2D eigenvalue weighted by molar-refractivity contribution is -0.116. The second-order valence-electron chi connectivity index (χ2n) is 4.21. The zero-order chi connectivity index (χ0) is 13.8. The van der Waals surface area contributed by atoms with E-state index in [9.17, 15) is 4.79 Å². The van der Waals surface area contributed by atoms with Crippen LogP contribution < -0.4 is 11.1 Å². The fourth-order valence-corrected chi connectivity index (χ4v) is 1.80. The molecule has 100 valence electrons. The Kier molecular flexibility index (Phi) is 4.06. The van der Waals surface area contributed by atoms with Crippen LogP contribution >= 0.6 is 11.6 Å². The fourth-order valence-electron chi connectivity index (χ4n) is 1.65. The van der Waals surface area contributed by atoms with Crippen molar-refractivity contribution in [2.75, 3.05) is 11.1 Å². The minimum Gasteiger partial charge on any atom is -0.397 e. The number of nitrogen functional groups attached to an aromatic ring is 1. The summed E-state index contributed by atoms with van der Waals surface area (Å²) in [5, 5.41) is 7.55. The van der Waals surface area contributed by atoms with Crippen LogP contribution in [0, 0.1) is 6.92 Å². The Balaban J connectivity index is 1.90. The molecular formula is C13H15ClN4O. The lowest BCUT2D eigenvalue weighted by Gasteiger charge is -2.07. The Morgan fingerprint density at radius 3 is 2.84 bits per heavy atom. The minimum atomic E-state index is -0.109. The second kappa shape index (κ2) is 5.75. The van der Waals surface area contributed by atoms with E-state index in [1.165, 1.54) is 0 Å². The van der Waals surface area contributed by atoms with Crippen molar-refractivity contribution < 1.29 is 4.79 Å². The average Bonchev–Trinajstić information content (AvgIpc) is 2.69. The molecule has 0 radical (unpaired) electrons. The molecule has 1 heterocycles. The molecule has 0 unspecified atom stereocenters. The Hall–Kier alpha value is -2.01. The van der Waals surface area contributed by atoms with Gasteiger partial charge in [-0.2, -0.15) is 5.10 Å². The highest BCUT2D eigenvalue weighted by atomic mass is 35.5. The second-order valence-corrected chi connectivity index (χ2v) is 4.62. The van der Waals surface area contributed by atoms with Gasteiger partial charge in [0, 0.05) is 19.2 Å². The number of para-hydroxylation sites is 2. The number of carbonyl (C=O) groups is 1. The Morgan fingerprint density at radius 1 is 1.47 bits per heavy atom. The number of carbonyl (C=O) groups excluding carboxylic acids is 1. The third kappa shape index (κ3) is 3.48. The van der Waals surface area contributed by atoms with Gasteiger partial charge in [0.05, 0.1) is 22.1 Å².